The summed E-state index contributed by atoms with van der Waals surface area (Å²) in [6, 6.07) is 1.73. The third-order valence-corrected chi connectivity index (χ3v) is 3.14. The quantitative estimate of drug-likeness (QED) is 0.754. The standard InChI is InChI=1S/C11H10N6S/c1-17-6-7(5-14-17)8-4-9(12)16-10(15-8)11-13-2-3-18-11/h2-6H,1H3,(H2,12,15,16). The van der Waals surface area contributed by atoms with Crippen LogP contribution in [0.2, 0.25) is 0 Å². The van der Waals surface area contributed by atoms with Gasteiger partial charge in [-0.2, -0.15) is 5.10 Å². The van der Waals surface area contributed by atoms with Crippen molar-refractivity contribution in [1.29, 1.82) is 0 Å². The number of nitrogens with two attached hydrogens (primary N) is 1. The Hall–Kier alpha value is -2.28. The molecule has 7 heteroatoms. The number of nitrogens with zero attached hydrogens (tertiary/aromatic N) is 5. The molecule has 0 aliphatic heterocycles. The average Bonchev–Trinajstić information content (AvgIpc) is 2.98. The fraction of sp³-hybridized carbons (Fsp3) is 0.0909. The molecule has 0 saturated heterocycles. The number of hydrogen-bond acceptors (Lipinski definition) is 6. The molecule has 0 aromatic carbocycles. The maximum absolute atomic E-state index is 5.81. The first kappa shape index (κ1) is 10.8. The molecule has 0 bridgehead atoms. The van der Waals surface area contributed by atoms with Gasteiger partial charge in [0.15, 0.2) is 10.8 Å². The van der Waals surface area contributed by atoms with Gasteiger partial charge in [0.2, 0.25) is 0 Å². The van der Waals surface area contributed by atoms with Crippen LogP contribution in [0.5, 0.6) is 0 Å². The van der Waals surface area contributed by atoms with Crippen LogP contribution < -0.4 is 5.73 Å². The van der Waals surface area contributed by atoms with Gasteiger partial charge in [0.25, 0.3) is 0 Å². The van der Waals surface area contributed by atoms with Crippen molar-refractivity contribution in [2.45, 2.75) is 0 Å². The second-order valence-corrected chi connectivity index (χ2v) is 4.64. The number of rotatable bonds is 2. The van der Waals surface area contributed by atoms with Gasteiger partial charge in [-0.25, -0.2) is 15.0 Å². The Bertz CT molecular complexity index is 673. The van der Waals surface area contributed by atoms with Crippen LogP contribution in [0.25, 0.3) is 22.1 Å². The lowest BCUT2D eigenvalue weighted by Crippen LogP contribution is -1.97. The highest BCUT2D eigenvalue weighted by Gasteiger charge is 2.10. The van der Waals surface area contributed by atoms with Crippen molar-refractivity contribution in [1.82, 2.24) is 24.7 Å². The fourth-order valence-corrected chi connectivity index (χ4v) is 2.17. The van der Waals surface area contributed by atoms with E-state index in [1.54, 1.807) is 23.1 Å². The van der Waals surface area contributed by atoms with Crippen molar-refractivity contribution in [3.05, 3.63) is 30.0 Å². The van der Waals surface area contributed by atoms with E-state index in [1.807, 2.05) is 18.6 Å². The van der Waals surface area contributed by atoms with Crippen LogP contribution in [-0.4, -0.2) is 24.7 Å². The molecule has 6 nitrogen and oxygen atoms in total. The van der Waals surface area contributed by atoms with Gasteiger partial charge in [0.05, 0.1) is 11.9 Å². The SMILES string of the molecule is Cn1cc(-c2cc(N)nc(-c3nccs3)n2)cn1. The van der Waals surface area contributed by atoms with Crippen molar-refractivity contribution >= 4 is 17.2 Å². The van der Waals surface area contributed by atoms with E-state index in [9.17, 15) is 0 Å². The van der Waals surface area contributed by atoms with Crippen molar-refractivity contribution < 1.29 is 0 Å². The average molecular weight is 258 g/mol. The maximum atomic E-state index is 5.81. The Labute approximate surface area is 107 Å². The highest BCUT2D eigenvalue weighted by molar-refractivity contribution is 7.13. The highest BCUT2D eigenvalue weighted by Crippen LogP contribution is 2.23. The molecule has 90 valence electrons. The predicted molar refractivity (Wildman–Crippen MR) is 69.8 cm³/mol. The van der Waals surface area contributed by atoms with Crippen LogP contribution in [0, 0.1) is 0 Å². The van der Waals surface area contributed by atoms with Crippen molar-refractivity contribution in [3.63, 3.8) is 0 Å². The van der Waals surface area contributed by atoms with Crippen LogP contribution in [0.1, 0.15) is 0 Å². The van der Waals surface area contributed by atoms with Gasteiger partial charge in [0, 0.05) is 36.5 Å². The molecule has 0 amide bonds. The minimum Gasteiger partial charge on any atom is -0.384 e. The van der Waals surface area contributed by atoms with Crippen molar-refractivity contribution in [3.8, 4) is 22.1 Å². The number of nitrogen functional groups attached to an aromatic ring is 1. The minimum atomic E-state index is 0.425. The van der Waals surface area contributed by atoms with Crippen molar-refractivity contribution in [2.24, 2.45) is 7.05 Å². The van der Waals surface area contributed by atoms with E-state index in [4.69, 9.17) is 5.73 Å². The molecule has 0 saturated carbocycles. The van der Waals surface area contributed by atoms with Crippen LogP contribution in [0.15, 0.2) is 30.0 Å². The van der Waals surface area contributed by atoms with Crippen LogP contribution >= 0.6 is 11.3 Å². The summed E-state index contributed by atoms with van der Waals surface area (Å²) in [7, 11) is 1.86. The summed E-state index contributed by atoms with van der Waals surface area (Å²) in [5.74, 6) is 0.970. The van der Waals surface area contributed by atoms with E-state index in [0.717, 1.165) is 16.3 Å². The molecule has 0 fully saturated rings. The summed E-state index contributed by atoms with van der Waals surface area (Å²) >= 11 is 1.48. The van der Waals surface area contributed by atoms with Gasteiger partial charge < -0.3 is 5.73 Å². The van der Waals surface area contributed by atoms with E-state index in [2.05, 4.69) is 20.1 Å². The number of aromatic nitrogens is 5. The summed E-state index contributed by atoms with van der Waals surface area (Å²) in [5, 5.41) is 6.75. The van der Waals surface area contributed by atoms with E-state index in [-0.39, 0.29) is 0 Å². The Morgan fingerprint density at radius 3 is 2.89 bits per heavy atom. The molecular weight excluding hydrogens is 248 g/mol. The number of thiazole rings is 1. The molecule has 3 heterocycles. The van der Waals surface area contributed by atoms with Gasteiger partial charge in [-0.05, 0) is 0 Å². The summed E-state index contributed by atoms with van der Waals surface area (Å²) < 4.78 is 1.72. The van der Waals surface area contributed by atoms with Gasteiger partial charge >= 0.3 is 0 Å². The fourth-order valence-electron chi connectivity index (χ4n) is 1.60. The second-order valence-electron chi connectivity index (χ2n) is 3.74. The molecular formula is C11H10N6S. The predicted octanol–water partition coefficient (Wildman–Crippen LogP) is 1.58. The summed E-state index contributed by atoms with van der Waals surface area (Å²) in [4.78, 5) is 12.8. The monoisotopic (exact) mass is 258 g/mol. The smallest absolute Gasteiger partial charge is 0.191 e. The lowest BCUT2D eigenvalue weighted by Gasteiger charge is -2.01. The van der Waals surface area contributed by atoms with Gasteiger partial charge in [-0.1, -0.05) is 0 Å². The number of aryl methyl sites for hydroxylation is 1. The lowest BCUT2D eigenvalue weighted by molar-refractivity contribution is 0.768. The van der Waals surface area contributed by atoms with Gasteiger partial charge in [-0.3, -0.25) is 4.68 Å². The molecule has 2 N–H and O–H groups in total. The Morgan fingerprint density at radius 2 is 2.22 bits per heavy atom. The summed E-state index contributed by atoms with van der Waals surface area (Å²) in [5.41, 5.74) is 7.47. The number of hydrogen-bond donors (Lipinski definition) is 1. The molecule has 0 unspecified atom stereocenters. The second kappa shape index (κ2) is 4.19. The summed E-state index contributed by atoms with van der Waals surface area (Å²) in [6.45, 7) is 0. The maximum Gasteiger partial charge on any atom is 0.191 e. The molecule has 0 atom stereocenters. The molecule has 0 aliphatic rings. The van der Waals surface area contributed by atoms with Crippen LogP contribution in [-0.2, 0) is 7.05 Å². The zero-order valence-electron chi connectivity index (χ0n) is 9.61. The first-order valence-electron chi connectivity index (χ1n) is 5.26. The molecule has 3 rings (SSSR count). The summed E-state index contributed by atoms with van der Waals surface area (Å²) in [6.07, 6.45) is 5.34. The molecule has 0 aliphatic carbocycles. The largest absolute Gasteiger partial charge is 0.384 e. The van der Waals surface area contributed by atoms with Gasteiger partial charge in [0.1, 0.15) is 5.82 Å². The van der Waals surface area contributed by atoms with E-state index < -0.39 is 0 Å². The number of anilines is 1. The van der Waals surface area contributed by atoms with E-state index in [0.29, 0.717) is 11.6 Å². The van der Waals surface area contributed by atoms with E-state index in [1.165, 1.54) is 11.3 Å². The topological polar surface area (TPSA) is 82.5 Å². The van der Waals surface area contributed by atoms with Crippen LogP contribution in [0.4, 0.5) is 5.82 Å². The first-order valence-corrected chi connectivity index (χ1v) is 6.14. The zero-order chi connectivity index (χ0) is 12.5. The van der Waals surface area contributed by atoms with E-state index >= 15 is 0 Å². The normalized spacial score (nSPS) is 10.7. The van der Waals surface area contributed by atoms with Crippen LogP contribution in [0.3, 0.4) is 0 Å². The molecule has 18 heavy (non-hydrogen) atoms. The Balaban J connectivity index is 2.11. The minimum absolute atomic E-state index is 0.425. The lowest BCUT2D eigenvalue weighted by atomic mass is 10.2. The Morgan fingerprint density at radius 1 is 1.33 bits per heavy atom. The molecule has 0 spiro atoms. The van der Waals surface area contributed by atoms with Gasteiger partial charge in [-0.15, -0.1) is 11.3 Å². The third-order valence-electron chi connectivity index (χ3n) is 2.37. The molecule has 0 radical (unpaired) electrons. The third kappa shape index (κ3) is 1.95. The zero-order valence-corrected chi connectivity index (χ0v) is 10.4. The molecule has 3 aromatic rings. The highest BCUT2D eigenvalue weighted by atomic mass is 32.1. The van der Waals surface area contributed by atoms with Crippen molar-refractivity contribution in [2.75, 3.05) is 5.73 Å². The molecule has 3 aromatic heterocycles. The Kier molecular flexibility index (Phi) is 2.52. The first-order chi connectivity index (χ1) is 8.72.